The zero-order valence-electron chi connectivity index (χ0n) is 13.8. The zero-order chi connectivity index (χ0) is 16.7. The van der Waals surface area contributed by atoms with Crippen molar-refractivity contribution >= 4 is 24.7 Å². The number of oxime groups is 1. The largest absolute Gasteiger partial charge is 0.394 e. The molecule has 1 aliphatic heterocycles. The molecule has 0 spiro atoms. The van der Waals surface area contributed by atoms with Crippen LogP contribution in [0, 0.1) is 12.8 Å². The quantitative estimate of drug-likeness (QED) is 0.379. The summed E-state index contributed by atoms with van der Waals surface area (Å²) in [5.41, 5.74) is 2.45. The summed E-state index contributed by atoms with van der Waals surface area (Å²) >= 11 is 0. The molecule has 1 atom stereocenters. The van der Waals surface area contributed by atoms with Crippen LogP contribution in [0.4, 0.5) is 5.69 Å². The maximum atomic E-state index is 10.6. The Bertz CT molecular complexity index is 586. The number of piperidine rings is 1. The first kappa shape index (κ1) is 17.1. The molecule has 0 radical (unpaired) electrons. The van der Waals surface area contributed by atoms with Gasteiger partial charge in [-0.15, -0.1) is 0 Å². The molecule has 0 aromatic heterocycles. The van der Waals surface area contributed by atoms with Crippen LogP contribution in [0.5, 0.6) is 0 Å². The predicted octanol–water partition coefficient (Wildman–Crippen LogP) is 2.28. The molecular formula is C17H24N4O2. The lowest BCUT2D eigenvalue weighted by Gasteiger charge is -2.28. The van der Waals surface area contributed by atoms with Gasteiger partial charge in [0.2, 0.25) is 6.41 Å². The number of carbonyl (C=O) groups is 1. The van der Waals surface area contributed by atoms with Crippen molar-refractivity contribution < 1.29 is 9.63 Å². The molecular weight excluding hydrogens is 292 g/mol. The number of hydrogen-bond acceptors (Lipinski definition) is 4. The monoisotopic (exact) mass is 316 g/mol. The number of nitrogens with zero attached hydrogens (tertiary/aromatic N) is 3. The molecule has 1 aromatic rings. The molecule has 6 nitrogen and oxygen atoms in total. The molecule has 0 saturated carbocycles. The first-order chi connectivity index (χ1) is 11.1. The second-order valence-corrected chi connectivity index (χ2v) is 5.93. The molecule has 1 heterocycles. The first-order valence-corrected chi connectivity index (χ1v) is 7.80. The fourth-order valence-corrected chi connectivity index (χ4v) is 2.77. The highest BCUT2D eigenvalue weighted by atomic mass is 16.6. The number of anilines is 1. The maximum absolute atomic E-state index is 10.6. The second kappa shape index (κ2) is 8.43. The lowest BCUT2D eigenvalue weighted by molar-refractivity contribution is -0.105. The molecule has 1 amide bonds. The number of amidine groups is 1. The molecule has 1 N–H and O–H groups in total. The number of benzene rings is 1. The van der Waals surface area contributed by atoms with Crippen LogP contribution in [0.1, 0.15) is 24.0 Å². The lowest BCUT2D eigenvalue weighted by Crippen LogP contribution is -2.33. The van der Waals surface area contributed by atoms with Gasteiger partial charge in [0.15, 0.2) is 5.84 Å². The average molecular weight is 316 g/mol. The van der Waals surface area contributed by atoms with Crippen molar-refractivity contribution in [3.63, 3.8) is 0 Å². The van der Waals surface area contributed by atoms with Gasteiger partial charge in [-0.1, -0.05) is 17.3 Å². The molecule has 6 heteroatoms. The van der Waals surface area contributed by atoms with Gasteiger partial charge >= 0.3 is 0 Å². The molecule has 1 unspecified atom stereocenters. The summed E-state index contributed by atoms with van der Waals surface area (Å²) in [5, 5.41) is 6.78. The Morgan fingerprint density at radius 3 is 3.09 bits per heavy atom. The molecule has 124 valence electrons. The topological polar surface area (TPSA) is 66.3 Å². The Morgan fingerprint density at radius 1 is 1.57 bits per heavy atom. The zero-order valence-corrected chi connectivity index (χ0v) is 13.8. The Labute approximate surface area is 137 Å². The third-order valence-electron chi connectivity index (χ3n) is 4.04. The molecule has 0 bridgehead atoms. The summed E-state index contributed by atoms with van der Waals surface area (Å²) in [7, 11) is 2.13. The van der Waals surface area contributed by atoms with Crippen LogP contribution >= 0.6 is 0 Å². The lowest BCUT2D eigenvalue weighted by atomic mass is 10.00. The highest BCUT2D eigenvalue weighted by Crippen LogP contribution is 2.18. The Morgan fingerprint density at radius 2 is 2.39 bits per heavy atom. The van der Waals surface area contributed by atoms with E-state index in [4.69, 9.17) is 4.84 Å². The van der Waals surface area contributed by atoms with E-state index in [0.717, 1.165) is 36.3 Å². The molecule has 23 heavy (non-hydrogen) atoms. The van der Waals surface area contributed by atoms with Crippen molar-refractivity contribution in [3.8, 4) is 0 Å². The summed E-state index contributed by atoms with van der Waals surface area (Å²) in [6, 6.07) is 5.60. The van der Waals surface area contributed by atoms with E-state index >= 15 is 0 Å². The van der Waals surface area contributed by atoms with Gasteiger partial charge < -0.3 is 15.1 Å². The third-order valence-corrected chi connectivity index (χ3v) is 4.04. The summed E-state index contributed by atoms with van der Waals surface area (Å²) in [4.78, 5) is 22.4. The number of likely N-dealkylation sites (tertiary alicyclic amines) is 1. The first-order valence-electron chi connectivity index (χ1n) is 7.80. The molecule has 2 rings (SSSR count). The van der Waals surface area contributed by atoms with E-state index in [-0.39, 0.29) is 0 Å². The Kier molecular flexibility index (Phi) is 6.29. The van der Waals surface area contributed by atoms with Gasteiger partial charge in [0.1, 0.15) is 6.61 Å². The number of amides is 1. The van der Waals surface area contributed by atoms with Crippen LogP contribution in [-0.4, -0.2) is 50.6 Å². The van der Waals surface area contributed by atoms with Gasteiger partial charge in [-0.2, -0.15) is 0 Å². The number of hydrogen-bond donors (Lipinski definition) is 1. The smallest absolute Gasteiger partial charge is 0.211 e. The average Bonchev–Trinajstić information content (AvgIpc) is 2.54. The fraction of sp³-hybridized carbons (Fsp3) is 0.471. The van der Waals surface area contributed by atoms with E-state index in [1.165, 1.54) is 6.42 Å². The minimum Gasteiger partial charge on any atom is -0.394 e. The van der Waals surface area contributed by atoms with E-state index in [9.17, 15) is 4.79 Å². The van der Waals surface area contributed by atoms with E-state index in [1.807, 2.05) is 25.1 Å². The minimum atomic E-state index is 0.420. The number of nitrogens with one attached hydrogen (secondary N) is 1. The summed E-state index contributed by atoms with van der Waals surface area (Å²) in [6.45, 7) is 8.23. The summed E-state index contributed by atoms with van der Waals surface area (Å²) < 4.78 is 0. The van der Waals surface area contributed by atoms with Crippen LogP contribution in [0.15, 0.2) is 28.3 Å². The predicted molar refractivity (Wildman–Crippen MR) is 93.1 cm³/mol. The highest BCUT2D eigenvalue weighted by Gasteiger charge is 2.17. The van der Waals surface area contributed by atoms with Crippen molar-refractivity contribution in [1.29, 1.82) is 0 Å². The summed E-state index contributed by atoms with van der Waals surface area (Å²) in [5.74, 6) is 0.914. The van der Waals surface area contributed by atoms with Gasteiger partial charge in [-0.25, -0.2) is 4.99 Å². The van der Waals surface area contributed by atoms with E-state index in [2.05, 4.69) is 34.1 Å². The van der Waals surface area contributed by atoms with Gasteiger partial charge in [-0.05, 0) is 51.7 Å². The van der Waals surface area contributed by atoms with Crippen LogP contribution in [0.25, 0.3) is 0 Å². The molecule has 1 fully saturated rings. The third kappa shape index (κ3) is 4.89. The van der Waals surface area contributed by atoms with Crippen molar-refractivity contribution in [2.45, 2.75) is 19.8 Å². The Hall–Kier alpha value is -2.21. The van der Waals surface area contributed by atoms with Gasteiger partial charge in [0, 0.05) is 23.7 Å². The van der Waals surface area contributed by atoms with Gasteiger partial charge in [0.05, 0.1) is 0 Å². The molecule has 0 aliphatic carbocycles. The number of rotatable bonds is 6. The summed E-state index contributed by atoms with van der Waals surface area (Å²) in [6.07, 6.45) is 3.01. The Balaban J connectivity index is 2.02. The molecule has 1 aromatic carbocycles. The van der Waals surface area contributed by atoms with Crippen molar-refractivity contribution in [3.05, 3.63) is 29.3 Å². The van der Waals surface area contributed by atoms with E-state index < -0.39 is 0 Å². The van der Waals surface area contributed by atoms with Crippen LogP contribution < -0.4 is 5.32 Å². The second-order valence-electron chi connectivity index (χ2n) is 5.93. The maximum Gasteiger partial charge on any atom is 0.211 e. The van der Waals surface area contributed by atoms with Crippen molar-refractivity contribution in [1.82, 2.24) is 4.90 Å². The minimum absolute atomic E-state index is 0.420. The normalized spacial score (nSPS) is 19.2. The van der Waals surface area contributed by atoms with Crippen LogP contribution in [0.3, 0.4) is 0 Å². The SMILES string of the molecule is C=N/C(=N\OCC1CCCN(C)C1)c1ccc(C)c(NC=O)c1. The van der Waals surface area contributed by atoms with Crippen molar-refractivity contribution in [2.75, 3.05) is 32.1 Å². The van der Waals surface area contributed by atoms with Crippen LogP contribution in [0.2, 0.25) is 0 Å². The number of aliphatic imine (C=N–C) groups is 1. The molecule has 1 aliphatic rings. The van der Waals surface area contributed by atoms with Crippen molar-refractivity contribution in [2.24, 2.45) is 16.1 Å². The van der Waals surface area contributed by atoms with E-state index in [0.29, 0.717) is 24.8 Å². The van der Waals surface area contributed by atoms with Gasteiger partial charge in [0.25, 0.3) is 0 Å². The fourth-order valence-electron chi connectivity index (χ4n) is 2.77. The molecule has 1 saturated heterocycles. The van der Waals surface area contributed by atoms with Crippen LogP contribution in [-0.2, 0) is 9.63 Å². The van der Waals surface area contributed by atoms with Gasteiger partial charge in [-0.3, -0.25) is 4.79 Å². The number of aryl methyl sites for hydroxylation is 1. The number of carbonyl (C=O) groups excluding carboxylic acids is 1. The standard InChI is InChI=1S/C17H24N4O2/c1-13-6-7-15(9-16(13)19-12-22)17(18-2)20-23-11-14-5-4-8-21(3)10-14/h6-7,9,12,14H,2,4-5,8,10-11H2,1,3H3,(H,19,22)/b20-17-. The van der Waals surface area contributed by atoms with E-state index in [1.54, 1.807) is 0 Å². The highest BCUT2D eigenvalue weighted by molar-refractivity contribution is 6.02.